The Hall–Kier alpha value is -0.890. The second-order valence-electron chi connectivity index (χ2n) is 2.44. The van der Waals surface area contributed by atoms with E-state index in [1.165, 1.54) is 12.2 Å². The van der Waals surface area contributed by atoms with Crippen LogP contribution in [0.5, 0.6) is 0 Å². The van der Waals surface area contributed by atoms with Gasteiger partial charge in [0.05, 0.1) is 5.54 Å². The van der Waals surface area contributed by atoms with Gasteiger partial charge < -0.3 is 5.73 Å². The van der Waals surface area contributed by atoms with Crippen molar-refractivity contribution < 1.29 is 4.79 Å². The van der Waals surface area contributed by atoms with E-state index in [4.69, 9.17) is 5.73 Å². The Morgan fingerprint density at radius 1 is 1.44 bits per heavy atom. The summed E-state index contributed by atoms with van der Waals surface area (Å²) in [5, 5.41) is 0. The molecule has 9 heavy (non-hydrogen) atoms. The average molecular weight is 123 g/mol. The SMILES string of the molecule is CC1(N)C=CC(=O)C=C1. The van der Waals surface area contributed by atoms with E-state index < -0.39 is 5.54 Å². The number of hydrogen-bond donors (Lipinski definition) is 1. The van der Waals surface area contributed by atoms with E-state index in [1.807, 2.05) is 6.92 Å². The number of ketones is 1. The van der Waals surface area contributed by atoms with E-state index in [-0.39, 0.29) is 5.78 Å². The van der Waals surface area contributed by atoms with Crippen LogP contribution in [0.3, 0.4) is 0 Å². The molecule has 0 heterocycles. The molecule has 0 unspecified atom stereocenters. The first kappa shape index (κ1) is 6.23. The predicted molar refractivity (Wildman–Crippen MR) is 35.9 cm³/mol. The molecule has 0 saturated carbocycles. The van der Waals surface area contributed by atoms with E-state index in [2.05, 4.69) is 0 Å². The Morgan fingerprint density at radius 2 is 1.89 bits per heavy atom. The van der Waals surface area contributed by atoms with Gasteiger partial charge in [0.1, 0.15) is 0 Å². The average Bonchev–Trinajstić information content (AvgIpc) is 1.78. The van der Waals surface area contributed by atoms with Gasteiger partial charge in [-0.15, -0.1) is 0 Å². The van der Waals surface area contributed by atoms with Crippen molar-refractivity contribution in [1.82, 2.24) is 0 Å². The van der Waals surface area contributed by atoms with E-state index in [1.54, 1.807) is 12.2 Å². The smallest absolute Gasteiger partial charge is 0.178 e. The van der Waals surface area contributed by atoms with Crippen LogP contribution < -0.4 is 5.73 Å². The molecule has 2 N–H and O–H groups in total. The van der Waals surface area contributed by atoms with Crippen molar-refractivity contribution in [3.05, 3.63) is 24.3 Å². The molecule has 1 aliphatic carbocycles. The maximum atomic E-state index is 10.5. The molecule has 0 fully saturated rings. The highest BCUT2D eigenvalue weighted by Gasteiger charge is 2.13. The third kappa shape index (κ3) is 1.50. The standard InChI is InChI=1S/C7H9NO/c1-7(8)4-2-6(9)3-5-7/h2-5H,8H2,1H3. The fourth-order valence-electron chi connectivity index (χ4n) is 0.634. The van der Waals surface area contributed by atoms with Crippen LogP contribution in [-0.4, -0.2) is 11.3 Å². The minimum Gasteiger partial charge on any atom is -0.319 e. The van der Waals surface area contributed by atoms with Crippen LogP contribution in [0.25, 0.3) is 0 Å². The van der Waals surface area contributed by atoms with Crippen molar-refractivity contribution in [1.29, 1.82) is 0 Å². The summed E-state index contributed by atoms with van der Waals surface area (Å²) in [6.07, 6.45) is 6.35. The van der Waals surface area contributed by atoms with Gasteiger partial charge in [0.25, 0.3) is 0 Å². The zero-order valence-electron chi connectivity index (χ0n) is 5.29. The zero-order chi connectivity index (χ0) is 6.91. The van der Waals surface area contributed by atoms with Crippen molar-refractivity contribution in [3.8, 4) is 0 Å². The highest BCUT2D eigenvalue weighted by atomic mass is 16.1. The lowest BCUT2D eigenvalue weighted by Crippen LogP contribution is -2.32. The number of allylic oxidation sites excluding steroid dienone is 2. The van der Waals surface area contributed by atoms with Crippen molar-refractivity contribution >= 4 is 5.78 Å². The molecule has 0 aliphatic heterocycles. The molecule has 0 spiro atoms. The minimum absolute atomic E-state index is 0.0120. The van der Waals surface area contributed by atoms with Gasteiger partial charge in [0, 0.05) is 0 Å². The molecule has 2 heteroatoms. The van der Waals surface area contributed by atoms with Crippen LogP contribution >= 0.6 is 0 Å². The molecule has 1 rings (SSSR count). The van der Waals surface area contributed by atoms with Crippen LogP contribution in [0.15, 0.2) is 24.3 Å². The monoisotopic (exact) mass is 123 g/mol. The molecule has 2 nitrogen and oxygen atoms in total. The fraction of sp³-hybridized carbons (Fsp3) is 0.286. The van der Waals surface area contributed by atoms with Gasteiger partial charge in [0.2, 0.25) is 0 Å². The number of nitrogens with two attached hydrogens (primary N) is 1. The lowest BCUT2D eigenvalue weighted by molar-refractivity contribution is -0.110. The Balaban J connectivity index is 2.82. The Kier molecular flexibility index (Phi) is 1.25. The van der Waals surface area contributed by atoms with E-state index in [0.29, 0.717) is 0 Å². The van der Waals surface area contributed by atoms with Gasteiger partial charge in [-0.3, -0.25) is 4.79 Å². The molecular formula is C7H9NO. The first-order valence-corrected chi connectivity index (χ1v) is 2.81. The first-order valence-electron chi connectivity index (χ1n) is 2.81. The van der Waals surface area contributed by atoms with Crippen molar-refractivity contribution in [3.63, 3.8) is 0 Å². The summed E-state index contributed by atoms with van der Waals surface area (Å²) in [6, 6.07) is 0. The molecule has 1 aliphatic rings. The van der Waals surface area contributed by atoms with Crippen LogP contribution in [-0.2, 0) is 4.79 Å². The summed E-state index contributed by atoms with van der Waals surface area (Å²) in [5.41, 5.74) is 5.19. The van der Waals surface area contributed by atoms with E-state index >= 15 is 0 Å². The van der Waals surface area contributed by atoms with Crippen molar-refractivity contribution in [2.45, 2.75) is 12.5 Å². The Bertz CT molecular complexity index is 171. The topological polar surface area (TPSA) is 43.1 Å². The molecule has 0 bridgehead atoms. The molecule has 0 aromatic heterocycles. The van der Waals surface area contributed by atoms with Gasteiger partial charge in [-0.25, -0.2) is 0 Å². The van der Waals surface area contributed by atoms with Crippen LogP contribution in [0, 0.1) is 0 Å². The van der Waals surface area contributed by atoms with E-state index in [0.717, 1.165) is 0 Å². The fourth-order valence-corrected chi connectivity index (χ4v) is 0.634. The lowest BCUT2D eigenvalue weighted by atomic mass is 9.98. The second kappa shape index (κ2) is 1.81. The molecule has 48 valence electrons. The summed E-state index contributed by atoms with van der Waals surface area (Å²) in [5.74, 6) is 0.0120. The van der Waals surface area contributed by atoms with Gasteiger partial charge in [0.15, 0.2) is 5.78 Å². The Labute approximate surface area is 54.0 Å². The molecule has 0 saturated heterocycles. The first-order chi connectivity index (χ1) is 4.10. The van der Waals surface area contributed by atoms with Crippen molar-refractivity contribution in [2.75, 3.05) is 0 Å². The van der Waals surface area contributed by atoms with Gasteiger partial charge in [-0.2, -0.15) is 0 Å². The maximum absolute atomic E-state index is 10.5. The molecule has 0 aromatic carbocycles. The summed E-state index contributed by atoms with van der Waals surface area (Å²) in [6.45, 7) is 1.84. The maximum Gasteiger partial charge on any atom is 0.178 e. The van der Waals surface area contributed by atoms with Crippen LogP contribution in [0.2, 0.25) is 0 Å². The van der Waals surface area contributed by atoms with Gasteiger partial charge in [-0.1, -0.05) is 12.2 Å². The third-order valence-corrected chi connectivity index (χ3v) is 1.21. The molecular weight excluding hydrogens is 114 g/mol. The lowest BCUT2D eigenvalue weighted by Gasteiger charge is -2.16. The van der Waals surface area contributed by atoms with E-state index in [9.17, 15) is 4.79 Å². The second-order valence-corrected chi connectivity index (χ2v) is 2.44. The Morgan fingerprint density at radius 3 is 2.22 bits per heavy atom. The van der Waals surface area contributed by atoms with Gasteiger partial charge >= 0.3 is 0 Å². The minimum atomic E-state index is -0.423. The number of carbonyl (C=O) groups is 1. The normalized spacial score (nSPS) is 22.7. The largest absolute Gasteiger partial charge is 0.319 e. The summed E-state index contributed by atoms with van der Waals surface area (Å²) >= 11 is 0. The van der Waals surface area contributed by atoms with Gasteiger partial charge in [-0.05, 0) is 19.1 Å². The van der Waals surface area contributed by atoms with Crippen LogP contribution in [0.4, 0.5) is 0 Å². The molecule has 0 radical (unpaired) electrons. The predicted octanol–water partition coefficient (Wildman–Crippen LogP) is 0.399. The highest BCUT2D eigenvalue weighted by molar-refractivity contribution is 6.00. The van der Waals surface area contributed by atoms with Crippen LogP contribution in [0.1, 0.15) is 6.92 Å². The zero-order valence-corrected chi connectivity index (χ0v) is 5.29. The molecule has 0 atom stereocenters. The van der Waals surface area contributed by atoms with Crippen molar-refractivity contribution in [2.24, 2.45) is 5.73 Å². The molecule has 0 aromatic rings. The number of hydrogen-bond acceptors (Lipinski definition) is 2. The summed E-state index contributed by atoms with van der Waals surface area (Å²) in [4.78, 5) is 10.5. The third-order valence-electron chi connectivity index (χ3n) is 1.21. The highest BCUT2D eigenvalue weighted by Crippen LogP contribution is 2.07. The number of carbonyl (C=O) groups excluding carboxylic acids is 1. The quantitative estimate of drug-likeness (QED) is 0.506. The summed E-state index contributed by atoms with van der Waals surface area (Å²) < 4.78 is 0. The summed E-state index contributed by atoms with van der Waals surface area (Å²) in [7, 11) is 0. The number of rotatable bonds is 0. The molecule has 0 amide bonds.